The molecule has 0 saturated carbocycles. The molecule has 1 aromatic carbocycles. The average molecular weight is 283 g/mol. The standard InChI is InChI=1S/C18H21NO2/c1-20-16-11-9-15(10-12-16)19-18(17-8-5-13-21-17)14-6-3-2-4-7-14/h2-3,5,8-14,18-19H,4,6-7H2,1H3/t14?,18-/m1/s1. The molecule has 1 N–H and O–H groups in total. The Bertz CT molecular complexity index is 572. The van der Waals surface area contributed by atoms with Crippen molar-refractivity contribution in [2.45, 2.75) is 25.3 Å². The number of ether oxygens (including phenoxy) is 1. The molecule has 0 spiro atoms. The van der Waals surface area contributed by atoms with Gasteiger partial charge in [-0.3, -0.25) is 0 Å². The quantitative estimate of drug-likeness (QED) is 0.800. The van der Waals surface area contributed by atoms with E-state index >= 15 is 0 Å². The fourth-order valence-corrected chi connectivity index (χ4v) is 2.88. The van der Waals surface area contributed by atoms with Gasteiger partial charge in [0.25, 0.3) is 0 Å². The molecule has 3 heteroatoms. The van der Waals surface area contributed by atoms with Gasteiger partial charge in [0.15, 0.2) is 0 Å². The van der Waals surface area contributed by atoms with Gasteiger partial charge in [-0.2, -0.15) is 0 Å². The van der Waals surface area contributed by atoms with Crippen molar-refractivity contribution in [1.29, 1.82) is 0 Å². The van der Waals surface area contributed by atoms with Crippen molar-refractivity contribution in [3.05, 3.63) is 60.6 Å². The van der Waals surface area contributed by atoms with E-state index in [0.29, 0.717) is 5.92 Å². The summed E-state index contributed by atoms with van der Waals surface area (Å²) in [5, 5.41) is 3.62. The van der Waals surface area contributed by atoms with Gasteiger partial charge in [0, 0.05) is 5.69 Å². The molecule has 0 radical (unpaired) electrons. The zero-order valence-electron chi connectivity index (χ0n) is 12.3. The third kappa shape index (κ3) is 3.30. The Hall–Kier alpha value is -2.16. The molecule has 1 aromatic heterocycles. The normalized spacial score (nSPS) is 19.2. The number of nitrogens with one attached hydrogen (secondary N) is 1. The maximum absolute atomic E-state index is 5.65. The van der Waals surface area contributed by atoms with E-state index in [1.807, 2.05) is 30.3 Å². The summed E-state index contributed by atoms with van der Waals surface area (Å²) in [6.45, 7) is 0. The molecule has 1 aliphatic carbocycles. The minimum absolute atomic E-state index is 0.207. The molecule has 3 nitrogen and oxygen atoms in total. The van der Waals surface area contributed by atoms with Crippen molar-refractivity contribution < 1.29 is 9.15 Å². The summed E-state index contributed by atoms with van der Waals surface area (Å²) in [7, 11) is 1.68. The van der Waals surface area contributed by atoms with E-state index in [0.717, 1.165) is 30.0 Å². The number of furan rings is 1. The molecule has 0 amide bonds. The predicted molar refractivity (Wildman–Crippen MR) is 84.5 cm³/mol. The van der Waals surface area contributed by atoms with Gasteiger partial charge < -0.3 is 14.5 Å². The smallest absolute Gasteiger partial charge is 0.126 e. The van der Waals surface area contributed by atoms with Gasteiger partial charge in [-0.15, -0.1) is 0 Å². The fourth-order valence-electron chi connectivity index (χ4n) is 2.88. The largest absolute Gasteiger partial charge is 0.497 e. The molecule has 21 heavy (non-hydrogen) atoms. The number of hydrogen-bond acceptors (Lipinski definition) is 3. The van der Waals surface area contributed by atoms with Crippen LogP contribution in [0.4, 0.5) is 5.69 Å². The van der Waals surface area contributed by atoms with Crippen molar-refractivity contribution in [1.82, 2.24) is 0 Å². The van der Waals surface area contributed by atoms with E-state index in [9.17, 15) is 0 Å². The molecule has 1 aliphatic rings. The molecular weight excluding hydrogens is 262 g/mol. The third-order valence-electron chi connectivity index (χ3n) is 4.04. The molecule has 2 atom stereocenters. The van der Waals surface area contributed by atoms with Crippen LogP contribution in [0.25, 0.3) is 0 Å². The summed E-state index contributed by atoms with van der Waals surface area (Å²) < 4.78 is 10.9. The SMILES string of the molecule is COc1ccc(N[C@@H](c2ccco2)C2CC=CCC2)cc1. The molecule has 1 unspecified atom stereocenters. The molecule has 0 aliphatic heterocycles. The first-order valence-electron chi connectivity index (χ1n) is 7.46. The Morgan fingerprint density at radius 1 is 1.19 bits per heavy atom. The van der Waals surface area contributed by atoms with Crippen LogP contribution >= 0.6 is 0 Å². The number of allylic oxidation sites excluding steroid dienone is 2. The Labute approximate surface area is 125 Å². The summed E-state index contributed by atoms with van der Waals surface area (Å²) in [4.78, 5) is 0. The first-order valence-corrected chi connectivity index (χ1v) is 7.46. The van der Waals surface area contributed by atoms with E-state index in [2.05, 4.69) is 23.5 Å². The van der Waals surface area contributed by atoms with E-state index in [4.69, 9.17) is 9.15 Å². The molecule has 0 bridgehead atoms. The van der Waals surface area contributed by atoms with E-state index in [-0.39, 0.29) is 6.04 Å². The van der Waals surface area contributed by atoms with Crippen LogP contribution in [0.15, 0.2) is 59.2 Å². The maximum Gasteiger partial charge on any atom is 0.126 e. The van der Waals surface area contributed by atoms with Crippen molar-refractivity contribution in [3.63, 3.8) is 0 Å². The summed E-state index contributed by atoms with van der Waals surface area (Å²) in [5.74, 6) is 2.44. The Kier molecular flexibility index (Phi) is 4.29. The van der Waals surface area contributed by atoms with Crippen LogP contribution in [0.1, 0.15) is 31.1 Å². The van der Waals surface area contributed by atoms with Gasteiger partial charge in [-0.1, -0.05) is 12.2 Å². The summed E-state index contributed by atoms with van der Waals surface area (Å²) >= 11 is 0. The molecule has 0 saturated heterocycles. The van der Waals surface area contributed by atoms with Crippen LogP contribution in [0.3, 0.4) is 0 Å². The number of anilines is 1. The van der Waals surface area contributed by atoms with Crippen molar-refractivity contribution >= 4 is 5.69 Å². The predicted octanol–water partition coefficient (Wildman–Crippen LogP) is 4.80. The number of rotatable bonds is 5. The average Bonchev–Trinajstić information content (AvgIpc) is 3.08. The van der Waals surface area contributed by atoms with E-state index in [1.54, 1.807) is 13.4 Å². The lowest BCUT2D eigenvalue weighted by Crippen LogP contribution is -2.21. The van der Waals surface area contributed by atoms with Gasteiger partial charge >= 0.3 is 0 Å². The van der Waals surface area contributed by atoms with Gasteiger partial charge in [0.05, 0.1) is 19.4 Å². The minimum atomic E-state index is 0.207. The molecule has 1 heterocycles. The number of benzene rings is 1. The first kappa shape index (κ1) is 13.8. The third-order valence-corrected chi connectivity index (χ3v) is 4.04. The molecule has 3 rings (SSSR count). The van der Waals surface area contributed by atoms with Crippen LogP contribution in [0, 0.1) is 5.92 Å². The summed E-state index contributed by atoms with van der Waals surface area (Å²) in [5.41, 5.74) is 1.09. The van der Waals surface area contributed by atoms with Crippen LogP contribution in [-0.4, -0.2) is 7.11 Å². The Balaban J connectivity index is 1.79. The van der Waals surface area contributed by atoms with Gasteiger partial charge in [-0.25, -0.2) is 0 Å². The first-order chi connectivity index (χ1) is 10.4. The van der Waals surface area contributed by atoms with Crippen molar-refractivity contribution in [2.24, 2.45) is 5.92 Å². The molecule has 2 aromatic rings. The highest BCUT2D eigenvalue weighted by molar-refractivity contribution is 5.48. The van der Waals surface area contributed by atoms with Gasteiger partial charge in [-0.05, 0) is 61.6 Å². The van der Waals surface area contributed by atoms with Crippen LogP contribution in [-0.2, 0) is 0 Å². The van der Waals surface area contributed by atoms with Crippen molar-refractivity contribution in [2.75, 3.05) is 12.4 Å². The zero-order valence-corrected chi connectivity index (χ0v) is 12.3. The Morgan fingerprint density at radius 2 is 2.05 bits per heavy atom. The second-order valence-electron chi connectivity index (χ2n) is 5.41. The fraction of sp³-hybridized carbons (Fsp3) is 0.333. The zero-order chi connectivity index (χ0) is 14.5. The summed E-state index contributed by atoms with van der Waals surface area (Å²) in [6.07, 6.45) is 9.71. The van der Waals surface area contributed by atoms with Crippen LogP contribution in [0.2, 0.25) is 0 Å². The maximum atomic E-state index is 5.65. The molecule has 0 fully saturated rings. The van der Waals surface area contributed by atoms with Crippen LogP contribution < -0.4 is 10.1 Å². The van der Waals surface area contributed by atoms with E-state index < -0.39 is 0 Å². The summed E-state index contributed by atoms with van der Waals surface area (Å²) in [6, 6.07) is 12.3. The monoisotopic (exact) mass is 283 g/mol. The lowest BCUT2D eigenvalue weighted by Gasteiger charge is -2.28. The van der Waals surface area contributed by atoms with Crippen LogP contribution in [0.5, 0.6) is 5.75 Å². The minimum Gasteiger partial charge on any atom is -0.497 e. The number of hydrogen-bond donors (Lipinski definition) is 1. The highest BCUT2D eigenvalue weighted by atomic mass is 16.5. The molecular formula is C18H21NO2. The van der Waals surface area contributed by atoms with E-state index in [1.165, 1.54) is 6.42 Å². The molecule has 110 valence electrons. The van der Waals surface area contributed by atoms with Crippen molar-refractivity contribution in [3.8, 4) is 5.75 Å². The Morgan fingerprint density at radius 3 is 2.67 bits per heavy atom. The second kappa shape index (κ2) is 6.53. The lowest BCUT2D eigenvalue weighted by atomic mass is 9.86. The lowest BCUT2D eigenvalue weighted by molar-refractivity contribution is 0.360. The van der Waals surface area contributed by atoms with Gasteiger partial charge in [0.1, 0.15) is 11.5 Å². The number of methoxy groups -OCH3 is 1. The van der Waals surface area contributed by atoms with Gasteiger partial charge in [0.2, 0.25) is 0 Å². The highest BCUT2D eigenvalue weighted by Gasteiger charge is 2.25. The highest BCUT2D eigenvalue weighted by Crippen LogP contribution is 2.35. The second-order valence-corrected chi connectivity index (χ2v) is 5.41. The topological polar surface area (TPSA) is 34.4 Å².